The van der Waals surface area contributed by atoms with Crippen molar-refractivity contribution in [2.24, 2.45) is 5.41 Å². The van der Waals surface area contributed by atoms with Gasteiger partial charge in [0.2, 0.25) is 0 Å². The summed E-state index contributed by atoms with van der Waals surface area (Å²) in [5, 5.41) is 13.3. The van der Waals surface area contributed by atoms with Crippen LogP contribution in [-0.2, 0) is 0 Å². The van der Waals surface area contributed by atoms with Crippen LogP contribution in [0.3, 0.4) is 0 Å². The number of piperazine rings is 1. The van der Waals surface area contributed by atoms with E-state index in [2.05, 4.69) is 24.1 Å². The summed E-state index contributed by atoms with van der Waals surface area (Å²) in [5.41, 5.74) is 0.867. The second kappa shape index (κ2) is 8.73. The predicted molar refractivity (Wildman–Crippen MR) is 94.8 cm³/mol. The second-order valence-corrected chi connectivity index (χ2v) is 6.48. The number of hydrogen-bond donors (Lipinski definition) is 2. The molecule has 0 spiro atoms. The Morgan fingerprint density at radius 3 is 2.09 bits per heavy atom. The standard InChI is InChI=1S/C17H28N2O3.ClH/c1-17(2,12-20)16(19-7-5-18-6-8-19)13-9-14(21-3)11-15(10-13)22-4;/h9-11,16,18,20H,5-8,12H2,1-4H3;1H/t16-;/m1./s1. The minimum absolute atomic E-state index is 0. The molecule has 132 valence electrons. The van der Waals surface area contributed by atoms with Crippen molar-refractivity contribution >= 4 is 12.4 Å². The molecule has 1 heterocycles. The first kappa shape index (κ1) is 20.0. The molecule has 1 aromatic rings. The lowest BCUT2D eigenvalue weighted by atomic mass is 9.79. The molecule has 2 rings (SSSR count). The third-order valence-electron chi connectivity index (χ3n) is 4.35. The molecule has 6 heteroatoms. The van der Waals surface area contributed by atoms with Crippen molar-refractivity contribution in [1.29, 1.82) is 0 Å². The van der Waals surface area contributed by atoms with Gasteiger partial charge in [0.25, 0.3) is 0 Å². The van der Waals surface area contributed by atoms with Gasteiger partial charge < -0.3 is 19.9 Å². The fourth-order valence-corrected chi connectivity index (χ4v) is 3.17. The molecule has 1 aromatic carbocycles. The third-order valence-corrected chi connectivity index (χ3v) is 4.35. The molecule has 1 aliphatic heterocycles. The highest BCUT2D eigenvalue weighted by Crippen LogP contribution is 2.40. The van der Waals surface area contributed by atoms with Crippen LogP contribution < -0.4 is 14.8 Å². The van der Waals surface area contributed by atoms with Crippen molar-refractivity contribution < 1.29 is 14.6 Å². The number of methoxy groups -OCH3 is 2. The number of aliphatic hydroxyl groups excluding tert-OH is 1. The molecule has 0 aromatic heterocycles. The Morgan fingerprint density at radius 2 is 1.65 bits per heavy atom. The van der Waals surface area contributed by atoms with Crippen LogP contribution in [0.1, 0.15) is 25.5 Å². The molecule has 1 aliphatic rings. The summed E-state index contributed by atoms with van der Waals surface area (Å²) < 4.78 is 10.8. The number of benzene rings is 1. The van der Waals surface area contributed by atoms with Crippen LogP contribution in [-0.4, -0.2) is 57.0 Å². The van der Waals surface area contributed by atoms with Crippen molar-refractivity contribution in [3.63, 3.8) is 0 Å². The van der Waals surface area contributed by atoms with Gasteiger partial charge in [-0.1, -0.05) is 13.8 Å². The van der Waals surface area contributed by atoms with Gasteiger partial charge in [-0.2, -0.15) is 0 Å². The predicted octanol–water partition coefficient (Wildman–Crippen LogP) is 2.09. The van der Waals surface area contributed by atoms with E-state index in [1.165, 1.54) is 0 Å². The van der Waals surface area contributed by atoms with Crippen LogP contribution in [0, 0.1) is 5.41 Å². The summed E-state index contributed by atoms with van der Waals surface area (Å²) >= 11 is 0. The Bertz CT molecular complexity index is 468. The summed E-state index contributed by atoms with van der Waals surface area (Å²) in [7, 11) is 3.32. The molecular weight excluding hydrogens is 316 g/mol. The van der Waals surface area contributed by atoms with Gasteiger partial charge in [0.1, 0.15) is 11.5 Å². The fraction of sp³-hybridized carbons (Fsp3) is 0.647. The molecule has 0 amide bonds. The molecule has 23 heavy (non-hydrogen) atoms. The third kappa shape index (κ3) is 4.73. The highest BCUT2D eigenvalue weighted by atomic mass is 35.5. The van der Waals surface area contributed by atoms with Gasteiger partial charge in [-0.05, 0) is 17.7 Å². The Morgan fingerprint density at radius 1 is 1.13 bits per heavy atom. The smallest absolute Gasteiger partial charge is 0.122 e. The zero-order chi connectivity index (χ0) is 16.2. The molecule has 0 radical (unpaired) electrons. The molecule has 2 N–H and O–H groups in total. The Balaban J connectivity index is 0.00000264. The highest BCUT2D eigenvalue weighted by Gasteiger charge is 2.36. The van der Waals surface area contributed by atoms with E-state index in [1.807, 2.05) is 18.2 Å². The fourth-order valence-electron chi connectivity index (χ4n) is 3.17. The van der Waals surface area contributed by atoms with E-state index in [1.54, 1.807) is 14.2 Å². The number of halogens is 1. The maximum absolute atomic E-state index is 9.90. The van der Waals surface area contributed by atoms with Crippen LogP contribution in [0.2, 0.25) is 0 Å². The number of aliphatic hydroxyl groups is 1. The Kier molecular flexibility index (Phi) is 7.61. The van der Waals surface area contributed by atoms with Gasteiger partial charge in [-0.15, -0.1) is 12.4 Å². The van der Waals surface area contributed by atoms with E-state index in [-0.39, 0.29) is 30.5 Å². The maximum atomic E-state index is 9.90. The normalized spacial score (nSPS) is 17.3. The van der Waals surface area contributed by atoms with E-state index < -0.39 is 0 Å². The summed E-state index contributed by atoms with van der Waals surface area (Å²) in [5.74, 6) is 1.56. The molecule has 1 saturated heterocycles. The molecule has 1 atom stereocenters. The highest BCUT2D eigenvalue weighted by molar-refractivity contribution is 5.85. The SMILES string of the molecule is COc1cc(OC)cc([C@@H](N2CCNCC2)C(C)(C)CO)c1.Cl. The average molecular weight is 345 g/mol. The average Bonchev–Trinajstić information content (AvgIpc) is 2.55. The topological polar surface area (TPSA) is 54.0 Å². The zero-order valence-corrected chi connectivity index (χ0v) is 15.3. The summed E-state index contributed by atoms with van der Waals surface area (Å²) in [6, 6.07) is 6.09. The van der Waals surface area contributed by atoms with E-state index in [0.29, 0.717) is 0 Å². The number of ether oxygens (including phenoxy) is 2. The number of rotatable bonds is 6. The lowest BCUT2D eigenvalue weighted by Gasteiger charge is -2.43. The first-order chi connectivity index (χ1) is 10.5. The van der Waals surface area contributed by atoms with Crippen LogP contribution >= 0.6 is 12.4 Å². The van der Waals surface area contributed by atoms with Crippen molar-refractivity contribution in [1.82, 2.24) is 10.2 Å². The van der Waals surface area contributed by atoms with Gasteiger partial charge in [0, 0.05) is 50.3 Å². The van der Waals surface area contributed by atoms with Crippen LogP contribution in [0.5, 0.6) is 11.5 Å². The Hall–Kier alpha value is -1.01. The maximum Gasteiger partial charge on any atom is 0.122 e. The van der Waals surface area contributed by atoms with Gasteiger partial charge >= 0.3 is 0 Å². The van der Waals surface area contributed by atoms with E-state index in [0.717, 1.165) is 43.2 Å². The molecule has 1 fully saturated rings. The van der Waals surface area contributed by atoms with Crippen molar-refractivity contribution in [2.75, 3.05) is 47.0 Å². The second-order valence-electron chi connectivity index (χ2n) is 6.48. The van der Waals surface area contributed by atoms with Crippen LogP contribution in [0.15, 0.2) is 18.2 Å². The first-order valence-electron chi connectivity index (χ1n) is 7.80. The largest absolute Gasteiger partial charge is 0.497 e. The summed E-state index contributed by atoms with van der Waals surface area (Å²) in [4.78, 5) is 2.43. The number of nitrogens with zero attached hydrogens (tertiary/aromatic N) is 1. The van der Waals surface area contributed by atoms with Gasteiger partial charge in [-0.25, -0.2) is 0 Å². The van der Waals surface area contributed by atoms with Crippen molar-refractivity contribution in [3.05, 3.63) is 23.8 Å². The minimum Gasteiger partial charge on any atom is -0.497 e. The molecular formula is C17H29ClN2O3. The van der Waals surface area contributed by atoms with Crippen molar-refractivity contribution in [2.45, 2.75) is 19.9 Å². The minimum atomic E-state index is -0.255. The first-order valence-corrected chi connectivity index (χ1v) is 7.80. The van der Waals surface area contributed by atoms with E-state index in [9.17, 15) is 5.11 Å². The number of hydrogen-bond acceptors (Lipinski definition) is 5. The summed E-state index contributed by atoms with van der Waals surface area (Å²) in [6.07, 6.45) is 0. The molecule has 0 unspecified atom stereocenters. The quantitative estimate of drug-likeness (QED) is 0.827. The lowest BCUT2D eigenvalue weighted by Crippen LogP contribution is -2.49. The van der Waals surface area contributed by atoms with Gasteiger partial charge in [-0.3, -0.25) is 4.90 Å². The van der Waals surface area contributed by atoms with Crippen LogP contribution in [0.25, 0.3) is 0 Å². The monoisotopic (exact) mass is 344 g/mol. The molecule has 0 aliphatic carbocycles. The zero-order valence-electron chi connectivity index (χ0n) is 14.5. The molecule has 0 saturated carbocycles. The Labute approximate surface area is 145 Å². The van der Waals surface area contributed by atoms with Crippen LogP contribution in [0.4, 0.5) is 0 Å². The number of nitrogens with one attached hydrogen (secondary N) is 1. The van der Waals surface area contributed by atoms with Gasteiger partial charge in [0.05, 0.1) is 14.2 Å². The van der Waals surface area contributed by atoms with E-state index >= 15 is 0 Å². The van der Waals surface area contributed by atoms with Crippen molar-refractivity contribution in [3.8, 4) is 11.5 Å². The van der Waals surface area contributed by atoms with Gasteiger partial charge in [0.15, 0.2) is 0 Å². The lowest BCUT2D eigenvalue weighted by molar-refractivity contribution is 0.0303. The molecule has 0 bridgehead atoms. The summed E-state index contributed by atoms with van der Waals surface area (Å²) in [6.45, 7) is 8.21. The van der Waals surface area contributed by atoms with E-state index in [4.69, 9.17) is 9.47 Å². The molecule has 5 nitrogen and oxygen atoms in total.